The number of nitrogens with zero attached hydrogens (tertiary/aromatic N) is 1. The van der Waals surface area contributed by atoms with Crippen molar-refractivity contribution in [3.63, 3.8) is 0 Å². The summed E-state index contributed by atoms with van der Waals surface area (Å²) >= 11 is 0. The van der Waals surface area contributed by atoms with Gasteiger partial charge in [0.2, 0.25) is 5.91 Å². The molecule has 4 nitrogen and oxygen atoms in total. The van der Waals surface area contributed by atoms with E-state index in [0.29, 0.717) is 0 Å². The van der Waals surface area contributed by atoms with Crippen LogP contribution in [0.4, 0.5) is 5.69 Å². The molecule has 1 saturated heterocycles. The summed E-state index contributed by atoms with van der Waals surface area (Å²) < 4.78 is 0. The van der Waals surface area contributed by atoms with Crippen LogP contribution >= 0.6 is 0 Å². The van der Waals surface area contributed by atoms with Gasteiger partial charge in [0.05, 0.1) is 6.04 Å². The summed E-state index contributed by atoms with van der Waals surface area (Å²) in [5.74, 6) is 0.0856. The second-order valence-corrected chi connectivity index (χ2v) is 5.30. The summed E-state index contributed by atoms with van der Waals surface area (Å²) in [5.41, 5.74) is 2.14. The van der Waals surface area contributed by atoms with Crippen LogP contribution in [-0.4, -0.2) is 36.5 Å². The molecule has 0 radical (unpaired) electrons. The van der Waals surface area contributed by atoms with E-state index in [2.05, 4.69) is 41.5 Å². The Morgan fingerprint density at radius 3 is 2.85 bits per heavy atom. The zero-order chi connectivity index (χ0) is 14.4. The molecule has 1 aliphatic rings. The van der Waals surface area contributed by atoms with Crippen molar-refractivity contribution in [2.75, 3.05) is 25.0 Å². The number of rotatable bonds is 6. The summed E-state index contributed by atoms with van der Waals surface area (Å²) in [5, 5.41) is 6.23. The van der Waals surface area contributed by atoms with Crippen molar-refractivity contribution >= 4 is 11.6 Å². The summed E-state index contributed by atoms with van der Waals surface area (Å²) in [6, 6.07) is 8.13. The highest BCUT2D eigenvalue weighted by atomic mass is 16.2. The topological polar surface area (TPSA) is 44.4 Å². The number of nitrogens with one attached hydrogen (secondary N) is 2. The Kier molecular flexibility index (Phi) is 5.56. The minimum Gasteiger partial charge on any atom is -0.325 e. The third-order valence-electron chi connectivity index (χ3n) is 3.87. The maximum atomic E-state index is 12.1. The largest absolute Gasteiger partial charge is 0.325 e. The fraction of sp³-hybridized carbons (Fsp3) is 0.562. The zero-order valence-corrected chi connectivity index (χ0v) is 12.5. The molecule has 0 aromatic heterocycles. The van der Waals surface area contributed by atoms with Crippen LogP contribution in [0.1, 0.15) is 32.3 Å². The number of anilines is 1. The molecule has 1 unspecified atom stereocenters. The molecule has 1 aromatic carbocycles. The van der Waals surface area contributed by atoms with Crippen LogP contribution in [0.25, 0.3) is 0 Å². The van der Waals surface area contributed by atoms with Gasteiger partial charge in [0, 0.05) is 12.2 Å². The third-order valence-corrected chi connectivity index (χ3v) is 3.87. The lowest BCUT2D eigenvalue weighted by atomic mass is 10.1. The van der Waals surface area contributed by atoms with E-state index < -0.39 is 0 Å². The van der Waals surface area contributed by atoms with E-state index in [1.165, 1.54) is 5.56 Å². The molecule has 0 saturated carbocycles. The minimum atomic E-state index is -0.0264. The first-order chi connectivity index (χ1) is 9.72. The molecule has 1 heterocycles. The molecule has 1 aromatic rings. The van der Waals surface area contributed by atoms with Gasteiger partial charge in [-0.25, -0.2) is 0 Å². The summed E-state index contributed by atoms with van der Waals surface area (Å²) in [6.07, 6.45) is 2.02. The van der Waals surface area contributed by atoms with Gasteiger partial charge in [0.15, 0.2) is 0 Å². The Morgan fingerprint density at radius 2 is 2.20 bits per heavy atom. The van der Waals surface area contributed by atoms with Gasteiger partial charge in [-0.1, -0.05) is 26.0 Å². The molecule has 1 aliphatic heterocycles. The molecule has 2 rings (SSSR count). The van der Waals surface area contributed by atoms with Gasteiger partial charge in [0.1, 0.15) is 0 Å². The summed E-state index contributed by atoms with van der Waals surface area (Å²) in [4.78, 5) is 14.4. The van der Waals surface area contributed by atoms with Crippen molar-refractivity contribution in [3.05, 3.63) is 29.8 Å². The van der Waals surface area contributed by atoms with Gasteiger partial charge in [-0.05, 0) is 50.2 Å². The third kappa shape index (κ3) is 4.05. The molecule has 1 amide bonds. The Hall–Kier alpha value is -1.39. The lowest BCUT2D eigenvalue weighted by Gasteiger charge is -2.18. The molecule has 0 aliphatic carbocycles. The Labute approximate surface area is 121 Å². The van der Waals surface area contributed by atoms with Crippen molar-refractivity contribution in [2.45, 2.75) is 39.3 Å². The van der Waals surface area contributed by atoms with Gasteiger partial charge in [0.25, 0.3) is 0 Å². The van der Waals surface area contributed by atoms with Crippen molar-refractivity contribution in [1.29, 1.82) is 0 Å². The Morgan fingerprint density at radius 1 is 1.40 bits per heavy atom. The lowest BCUT2D eigenvalue weighted by Crippen LogP contribution is -2.35. The van der Waals surface area contributed by atoms with E-state index >= 15 is 0 Å². The lowest BCUT2D eigenvalue weighted by molar-refractivity contribution is -0.117. The van der Waals surface area contributed by atoms with Crippen LogP contribution < -0.4 is 10.6 Å². The zero-order valence-electron chi connectivity index (χ0n) is 12.5. The van der Waals surface area contributed by atoms with Crippen molar-refractivity contribution in [1.82, 2.24) is 10.2 Å². The highest BCUT2D eigenvalue weighted by molar-refractivity contribution is 5.95. The van der Waals surface area contributed by atoms with Crippen LogP contribution in [0.5, 0.6) is 0 Å². The standard InChI is InChI=1S/C16H25N3O/c1-3-19(4-2)12-13-7-5-8-14(11-13)18-16(20)15-9-6-10-17-15/h5,7-8,11,15,17H,3-4,6,9-10,12H2,1-2H3,(H,18,20). The number of carbonyl (C=O) groups excluding carboxylic acids is 1. The number of benzene rings is 1. The van der Waals surface area contributed by atoms with Crippen LogP contribution in [0, 0.1) is 0 Å². The fourth-order valence-electron chi connectivity index (χ4n) is 2.59. The van der Waals surface area contributed by atoms with Crippen molar-refractivity contribution in [2.24, 2.45) is 0 Å². The predicted molar refractivity (Wildman–Crippen MR) is 82.7 cm³/mol. The SMILES string of the molecule is CCN(CC)Cc1cccc(NC(=O)C2CCCN2)c1. The number of hydrogen-bond donors (Lipinski definition) is 2. The number of amides is 1. The first kappa shape index (κ1) is 15.0. The van der Waals surface area contributed by atoms with Gasteiger partial charge in [-0.15, -0.1) is 0 Å². The van der Waals surface area contributed by atoms with Crippen LogP contribution in [-0.2, 0) is 11.3 Å². The average Bonchev–Trinajstić information content (AvgIpc) is 2.99. The van der Waals surface area contributed by atoms with E-state index in [9.17, 15) is 4.79 Å². The van der Waals surface area contributed by atoms with Crippen LogP contribution in [0.3, 0.4) is 0 Å². The van der Waals surface area contributed by atoms with Crippen LogP contribution in [0.2, 0.25) is 0 Å². The van der Waals surface area contributed by atoms with E-state index in [-0.39, 0.29) is 11.9 Å². The molecule has 110 valence electrons. The number of carbonyl (C=O) groups is 1. The van der Waals surface area contributed by atoms with Crippen LogP contribution in [0.15, 0.2) is 24.3 Å². The maximum absolute atomic E-state index is 12.1. The Bertz CT molecular complexity index is 437. The van der Waals surface area contributed by atoms with Gasteiger partial charge < -0.3 is 10.6 Å². The monoisotopic (exact) mass is 275 g/mol. The molecule has 20 heavy (non-hydrogen) atoms. The second kappa shape index (κ2) is 7.41. The fourth-order valence-corrected chi connectivity index (χ4v) is 2.59. The highest BCUT2D eigenvalue weighted by Gasteiger charge is 2.21. The molecular formula is C16H25N3O. The molecule has 0 bridgehead atoms. The minimum absolute atomic E-state index is 0.0264. The van der Waals surface area contributed by atoms with E-state index in [0.717, 1.165) is 44.7 Å². The van der Waals surface area contributed by atoms with Crippen molar-refractivity contribution in [3.8, 4) is 0 Å². The van der Waals surface area contributed by atoms with Gasteiger partial charge in [-0.2, -0.15) is 0 Å². The summed E-state index contributed by atoms with van der Waals surface area (Å²) in [7, 11) is 0. The molecule has 1 atom stereocenters. The van der Waals surface area contributed by atoms with E-state index in [1.54, 1.807) is 0 Å². The van der Waals surface area contributed by atoms with E-state index in [1.807, 2.05) is 12.1 Å². The van der Waals surface area contributed by atoms with E-state index in [4.69, 9.17) is 0 Å². The normalized spacial score (nSPS) is 18.4. The molecule has 4 heteroatoms. The first-order valence-electron chi connectivity index (χ1n) is 7.58. The predicted octanol–water partition coefficient (Wildman–Crippen LogP) is 2.22. The van der Waals surface area contributed by atoms with Gasteiger partial charge in [-0.3, -0.25) is 9.69 Å². The first-order valence-corrected chi connectivity index (χ1v) is 7.58. The smallest absolute Gasteiger partial charge is 0.241 e. The second-order valence-electron chi connectivity index (χ2n) is 5.30. The molecule has 2 N–H and O–H groups in total. The summed E-state index contributed by atoms with van der Waals surface area (Å²) in [6.45, 7) is 8.29. The van der Waals surface area contributed by atoms with Crippen molar-refractivity contribution < 1.29 is 4.79 Å². The average molecular weight is 275 g/mol. The molecule has 1 fully saturated rings. The Balaban J connectivity index is 1.96. The molecular weight excluding hydrogens is 250 g/mol. The maximum Gasteiger partial charge on any atom is 0.241 e. The quantitative estimate of drug-likeness (QED) is 0.836. The highest BCUT2D eigenvalue weighted by Crippen LogP contribution is 2.14. The molecule has 0 spiro atoms. The van der Waals surface area contributed by atoms with Gasteiger partial charge >= 0.3 is 0 Å². The number of hydrogen-bond acceptors (Lipinski definition) is 3.